The number of ketones is 1. The van der Waals surface area contributed by atoms with E-state index in [2.05, 4.69) is 4.98 Å². The number of carbonyl (C=O) groups excluding carboxylic acids is 1. The van der Waals surface area contributed by atoms with E-state index >= 15 is 0 Å². The number of thiazole rings is 1. The van der Waals surface area contributed by atoms with Gasteiger partial charge in [0.1, 0.15) is 10.7 Å². The first-order valence-corrected chi connectivity index (χ1v) is 6.62. The molecule has 0 spiro atoms. The van der Waals surface area contributed by atoms with Crippen molar-refractivity contribution in [2.24, 2.45) is 5.73 Å². The number of hydrogen-bond acceptors (Lipinski definition) is 4. The summed E-state index contributed by atoms with van der Waals surface area (Å²) in [7, 11) is 0. The summed E-state index contributed by atoms with van der Waals surface area (Å²) in [6, 6.07) is 4.73. The number of halogens is 3. The molecule has 20 heavy (non-hydrogen) atoms. The summed E-state index contributed by atoms with van der Waals surface area (Å²) < 4.78 is 37.7. The number of alkyl halides is 3. The monoisotopic (exact) mass is 300 g/mol. The van der Waals surface area contributed by atoms with E-state index in [0.717, 1.165) is 12.1 Å². The molecule has 0 atom stereocenters. The Hall–Kier alpha value is -1.73. The number of hydrogen-bond donors (Lipinski definition) is 1. The lowest BCUT2D eigenvalue weighted by Crippen LogP contribution is -2.08. The van der Waals surface area contributed by atoms with E-state index in [9.17, 15) is 18.0 Å². The Kier molecular flexibility index (Phi) is 4.20. The Morgan fingerprint density at radius 1 is 1.35 bits per heavy atom. The van der Waals surface area contributed by atoms with Crippen molar-refractivity contribution in [3.05, 3.63) is 51.5 Å². The first-order valence-electron chi connectivity index (χ1n) is 5.74. The topological polar surface area (TPSA) is 56.0 Å². The van der Waals surface area contributed by atoms with Crippen molar-refractivity contribution in [3.63, 3.8) is 0 Å². The van der Waals surface area contributed by atoms with E-state index in [0.29, 0.717) is 10.6 Å². The second-order valence-corrected chi connectivity index (χ2v) is 5.07. The maximum absolute atomic E-state index is 12.6. The highest BCUT2D eigenvalue weighted by Crippen LogP contribution is 2.29. The van der Waals surface area contributed by atoms with Crippen LogP contribution < -0.4 is 5.73 Å². The van der Waals surface area contributed by atoms with Crippen LogP contribution in [-0.4, -0.2) is 10.8 Å². The lowest BCUT2D eigenvalue weighted by molar-refractivity contribution is -0.137. The third-order valence-electron chi connectivity index (χ3n) is 2.63. The molecule has 106 valence electrons. The van der Waals surface area contributed by atoms with Crippen LogP contribution in [0.4, 0.5) is 13.2 Å². The van der Waals surface area contributed by atoms with Crippen molar-refractivity contribution in [2.45, 2.75) is 19.1 Å². The van der Waals surface area contributed by atoms with Gasteiger partial charge in [0.2, 0.25) is 0 Å². The van der Waals surface area contributed by atoms with Crippen molar-refractivity contribution in [1.29, 1.82) is 0 Å². The van der Waals surface area contributed by atoms with Crippen LogP contribution in [0.3, 0.4) is 0 Å². The Labute approximate surface area is 117 Å². The molecule has 0 amide bonds. The number of aromatic nitrogens is 1. The SMILES string of the molecule is NCc1nc(C(=O)Cc2cccc(C(F)(F)F)c2)cs1. The Morgan fingerprint density at radius 2 is 2.10 bits per heavy atom. The van der Waals surface area contributed by atoms with Crippen molar-refractivity contribution >= 4 is 17.1 Å². The number of nitrogens with zero attached hydrogens (tertiary/aromatic N) is 1. The van der Waals surface area contributed by atoms with Gasteiger partial charge in [0.15, 0.2) is 5.78 Å². The molecule has 0 saturated heterocycles. The van der Waals surface area contributed by atoms with E-state index in [1.165, 1.54) is 23.5 Å². The van der Waals surface area contributed by atoms with Crippen LogP contribution >= 0.6 is 11.3 Å². The summed E-state index contributed by atoms with van der Waals surface area (Å²) >= 11 is 1.26. The molecule has 1 heterocycles. The van der Waals surface area contributed by atoms with Crippen molar-refractivity contribution < 1.29 is 18.0 Å². The molecule has 0 unspecified atom stereocenters. The maximum Gasteiger partial charge on any atom is 0.416 e. The van der Waals surface area contributed by atoms with Gasteiger partial charge in [-0.25, -0.2) is 4.98 Å². The molecule has 7 heteroatoms. The van der Waals surface area contributed by atoms with E-state index in [1.54, 1.807) is 5.38 Å². The van der Waals surface area contributed by atoms with Crippen LogP contribution in [0, 0.1) is 0 Å². The van der Waals surface area contributed by atoms with Gasteiger partial charge in [0.05, 0.1) is 5.56 Å². The third kappa shape index (κ3) is 3.43. The van der Waals surface area contributed by atoms with Gasteiger partial charge in [-0.15, -0.1) is 11.3 Å². The molecule has 0 radical (unpaired) electrons. The third-order valence-corrected chi connectivity index (χ3v) is 3.50. The molecular weight excluding hydrogens is 289 g/mol. The molecule has 2 rings (SSSR count). The lowest BCUT2D eigenvalue weighted by Gasteiger charge is -2.07. The van der Waals surface area contributed by atoms with Crippen molar-refractivity contribution in [2.75, 3.05) is 0 Å². The molecule has 2 aromatic rings. The minimum Gasteiger partial charge on any atom is -0.325 e. The van der Waals surface area contributed by atoms with Crippen LogP contribution in [0.25, 0.3) is 0 Å². The van der Waals surface area contributed by atoms with Gasteiger partial charge in [-0.2, -0.15) is 13.2 Å². The van der Waals surface area contributed by atoms with Gasteiger partial charge in [-0.05, 0) is 11.6 Å². The highest BCUT2D eigenvalue weighted by molar-refractivity contribution is 7.09. The molecule has 3 nitrogen and oxygen atoms in total. The minimum absolute atomic E-state index is 0.113. The van der Waals surface area contributed by atoms with E-state index in [4.69, 9.17) is 5.73 Å². The molecule has 0 bridgehead atoms. The molecule has 2 N–H and O–H groups in total. The average molecular weight is 300 g/mol. The van der Waals surface area contributed by atoms with Crippen LogP contribution in [0.15, 0.2) is 29.6 Å². The molecular formula is C13H11F3N2OS. The second-order valence-electron chi connectivity index (χ2n) is 4.13. The van der Waals surface area contributed by atoms with E-state index in [-0.39, 0.29) is 24.4 Å². The summed E-state index contributed by atoms with van der Waals surface area (Å²) in [5.41, 5.74) is 5.19. The van der Waals surface area contributed by atoms with Gasteiger partial charge in [0, 0.05) is 18.3 Å². The summed E-state index contributed by atoms with van der Waals surface area (Å²) in [6.45, 7) is 0.238. The number of carbonyl (C=O) groups is 1. The van der Waals surface area contributed by atoms with Crippen LogP contribution in [0.5, 0.6) is 0 Å². The van der Waals surface area contributed by atoms with Gasteiger partial charge in [0.25, 0.3) is 0 Å². The number of nitrogens with two attached hydrogens (primary N) is 1. The molecule has 0 aliphatic carbocycles. The average Bonchev–Trinajstić information content (AvgIpc) is 2.87. The number of benzene rings is 1. The lowest BCUT2D eigenvalue weighted by atomic mass is 10.0. The fourth-order valence-corrected chi connectivity index (χ4v) is 2.35. The molecule has 1 aromatic carbocycles. The minimum atomic E-state index is -4.41. The molecule has 0 aliphatic rings. The van der Waals surface area contributed by atoms with Crippen LogP contribution in [0.1, 0.15) is 26.6 Å². The number of Topliss-reactive ketones (excluding diaryl/α,β-unsaturated/α-hetero) is 1. The Bertz CT molecular complexity index is 622. The van der Waals surface area contributed by atoms with Crippen LogP contribution in [-0.2, 0) is 19.1 Å². The summed E-state index contributed by atoms with van der Waals surface area (Å²) in [5.74, 6) is -0.319. The van der Waals surface area contributed by atoms with E-state index < -0.39 is 11.7 Å². The predicted octanol–water partition coefficient (Wildman–Crippen LogP) is 3.05. The summed E-state index contributed by atoms with van der Waals surface area (Å²) in [4.78, 5) is 15.9. The first kappa shape index (κ1) is 14.7. The highest BCUT2D eigenvalue weighted by atomic mass is 32.1. The second kappa shape index (κ2) is 5.72. The Balaban J connectivity index is 2.15. The van der Waals surface area contributed by atoms with Crippen LogP contribution in [0.2, 0.25) is 0 Å². The van der Waals surface area contributed by atoms with Gasteiger partial charge in [-0.3, -0.25) is 4.79 Å². The molecule has 0 saturated carbocycles. The summed E-state index contributed by atoms with van der Waals surface area (Å²) in [6.07, 6.45) is -4.52. The zero-order valence-corrected chi connectivity index (χ0v) is 11.1. The van der Waals surface area contributed by atoms with Gasteiger partial charge in [-0.1, -0.05) is 18.2 Å². The predicted molar refractivity (Wildman–Crippen MR) is 69.5 cm³/mol. The number of rotatable bonds is 4. The standard InChI is InChI=1S/C13H11F3N2OS/c14-13(15,16)9-3-1-2-8(4-9)5-11(19)10-7-20-12(6-17)18-10/h1-4,7H,5-6,17H2. The largest absolute Gasteiger partial charge is 0.416 e. The summed E-state index contributed by atoms with van der Waals surface area (Å²) in [5, 5.41) is 2.19. The van der Waals surface area contributed by atoms with Gasteiger partial charge < -0.3 is 5.73 Å². The zero-order valence-electron chi connectivity index (χ0n) is 10.3. The fraction of sp³-hybridized carbons (Fsp3) is 0.231. The maximum atomic E-state index is 12.6. The molecule has 0 fully saturated rings. The van der Waals surface area contributed by atoms with Gasteiger partial charge >= 0.3 is 6.18 Å². The van der Waals surface area contributed by atoms with E-state index in [1.807, 2.05) is 0 Å². The Morgan fingerprint density at radius 3 is 2.70 bits per heavy atom. The highest BCUT2D eigenvalue weighted by Gasteiger charge is 2.30. The zero-order chi connectivity index (χ0) is 14.8. The molecule has 0 aliphatic heterocycles. The quantitative estimate of drug-likeness (QED) is 0.883. The van der Waals surface area contributed by atoms with Crippen molar-refractivity contribution in [1.82, 2.24) is 4.98 Å². The first-order chi connectivity index (χ1) is 9.40. The normalized spacial score (nSPS) is 11.6. The fourth-order valence-electron chi connectivity index (χ4n) is 1.67. The smallest absolute Gasteiger partial charge is 0.325 e. The van der Waals surface area contributed by atoms with Crippen molar-refractivity contribution in [3.8, 4) is 0 Å². The molecule has 1 aromatic heterocycles.